The average Bonchev–Trinajstić information content (AvgIpc) is 2.45. The molecule has 0 saturated carbocycles. The zero-order valence-electron chi connectivity index (χ0n) is 11.3. The summed E-state index contributed by atoms with van der Waals surface area (Å²) in [4.78, 5) is 0. The number of aliphatic hydroxyl groups is 2. The Balaban J connectivity index is 3.89. The predicted octanol–water partition coefficient (Wildman–Crippen LogP) is 0.311. The van der Waals surface area contributed by atoms with Crippen molar-refractivity contribution in [3.63, 3.8) is 0 Å². The second-order valence-electron chi connectivity index (χ2n) is 4.00. The fourth-order valence-corrected chi connectivity index (χ4v) is 1.23. The van der Waals surface area contributed by atoms with E-state index in [2.05, 4.69) is 13.2 Å². The van der Waals surface area contributed by atoms with Crippen molar-refractivity contribution in [2.24, 2.45) is 5.41 Å². The minimum Gasteiger partial charge on any atom is -0.499 e. The van der Waals surface area contributed by atoms with Crippen LogP contribution in [-0.4, -0.2) is 63.1 Å². The van der Waals surface area contributed by atoms with Crippen molar-refractivity contribution in [3.05, 3.63) is 25.7 Å². The smallest absolute Gasteiger partial charge is 0.111 e. The Morgan fingerprint density at radius 1 is 0.789 bits per heavy atom. The lowest BCUT2D eigenvalue weighted by atomic mass is 9.92. The van der Waals surface area contributed by atoms with Gasteiger partial charge in [-0.25, -0.2) is 0 Å². The molecule has 6 heteroatoms. The van der Waals surface area contributed by atoms with Gasteiger partial charge < -0.3 is 29.2 Å². The predicted molar refractivity (Wildman–Crippen MR) is 70.5 cm³/mol. The molecule has 0 heterocycles. The highest BCUT2D eigenvalue weighted by Crippen LogP contribution is 2.17. The maximum absolute atomic E-state index is 9.37. The molecule has 0 aliphatic carbocycles. The Hall–Kier alpha value is -1.08. The standard InChI is InChI=1S/C13H24O6/c1-3-16-5-7-18-11-13(9-14,10-15)12-19-8-6-17-4-2/h3-4,14-15H,1-2,5-12H2. The molecule has 0 aliphatic heterocycles. The van der Waals surface area contributed by atoms with Gasteiger partial charge in [0.05, 0.1) is 57.6 Å². The average molecular weight is 276 g/mol. The molecule has 0 aromatic carbocycles. The van der Waals surface area contributed by atoms with Crippen LogP contribution in [0.25, 0.3) is 0 Å². The molecular formula is C13H24O6. The highest BCUT2D eigenvalue weighted by Gasteiger charge is 2.29. The van der Waals surface area contributed by atoms with E-state index in [1.165, 1.54) is 12.5 Å². The normalized spacial score (nSPS) is 11.1. The van der Waals surface area contributed by atoms with E-state index in [0.717, 1.165) is 0 Å². The molecular weight excluding hydrogens is 252 g/mol. The Morgan fingerprint density at radius 2 is 1.21 bits per heavy atom. The Bertz CT molecular complexity index is 207. The first-order valence-electron chi connectivity index (χ1n) is 6.07. The monoisotopic (exact) mass is 276 g/mol. The molecule has 112 valence electrons. The van der Waals surface area contributed by atoms with Gasteiger partial charge in [-0.3, -0.25) is 0 Å². The van der Waals surface area contributed by atoms with Crippen LogP contribution in [0.15, 0.2) is 25.7 Å². The summed E-state index contributed by atoms with van der Waals surface area (Å²) in [5.41, 5.74) is -0.817. The fourth-order valence-electron chi connectivity index (χ4n) is 1.23. The summed E-state index contributed by atoms with van der Waals surface area (Å²) >= 11 is 0. The number of aliphatic hydroxyl groups excluding tert-OH is 2. The molecule has 6 nitrogen and oxygen atoms in total. The summed E-state index contributed by atoms with van der Waals surface area (Å²) in [6.45, 7) is 8.19. The van der Waals surface area contributed by atoms with Crippen molar-refractivity contribution < 1.29 is 29.2 Å². The van der Waals surface area contributed by atoms with E-state index in [9.17, 15) is 10.2 Å². The van der Waals surface area contributed by atoms with E-state index in [4.69, 9.17) is 18.9 Å². The van der Waals surface area contributed by atoms with Crippen molar-refractivity contribution >= 4 is 0 Å². The molecule has 0 aromatic rings. The summed E-state index contributed by atoms with van der Waals surface area (Å²) < 4.78 is 20.5. The third kappa shape index (κ3) is 8.61. The van der Waals surface area contributed by atoms with Crippen LogP contribution in [0, 0.1) is 5.41 Å². The van der Waals surface area contributed by atoms with Gasteiger partial charge in [0.1, 0.15) is 13.2 Å². The number of hydrogen-bond donors (Lipinski definition) is 2. The van der Waals surface area contributed by atoms with Gasteiger partial charge in [0.25, 0.3) is 0 Å². The fraction of sp³-hybridized carbons (Fsp3) is 0.692. The molecule has 0 aliphatic rings. The van der Waals surface area contributed by atoms with E-state index >= 15 is 0 Å². The lowest BCUT2D eigenvalue weighted by Crippen LogP contribution is -2.40. The van der Waals surface area contributed by atoms with Crippen LogP contribution in [-0.2, 0) is 18.9 Å². The molecule has 0 rings (SSSR count). The van der Waals surface area contributed by atoms with Crippen molar-refractivity contribution in [2.45, 2.75) is 0 Å². The van der Waals surface area contributed by atoms with Crippen LogP contribution >= 0.6 is 0 Å². The Kier molecular flexibility index (Phi) is 11.3. The van der Waals surface area contributed by atoms with Gasteiger partial charge >= 0.3 is 0 Å². The van der Waals surface area contributed by atoms with Crippen molar-refractivity contribution in [3.8, 4) is 0 Å². The van der Waals surface area contributed by atoms with Crippen LogP contribution in [0.3, 0.4) is 0 Å². The van der Waals surface area contributed by atoms with Crippen molar-refractivity contribution in [1.82, 2.24) is 0 Å². The second-order valence-corrected chi connectivity index (χ2v) is 4.00. The number of hydrogen-bond acceptors (Lipinski definition) is 6. The summed E-state index contributed by atoms with van der Waals surface area (Å²) in [6.07, 6.45) is 2.66. The summed E-state index contributed by atoms with van der Waals surface area (Å²) in [5.74, 6) is 0. The molecule has 0 amide bonds. The van der Waals surface area contributed by atoms with Crippen LogP contribution in [0.4, 0.5) is 0 Å². The SMILES string of the molecule is C=COCCOCC(CO)(CO)COCCOC=C. The second kappa shape index (κ2) is 12.0. The van der Waals surface area contributed by atoms with Gasteiger partial charge in [-0.2, -0.15) is 0 Å². The number of rotatable bonds is 14. The quantitative estimate of drug-likeness (QED) is 0.351. The van der Waals surface area contributed by atoms with Gasteiger partial charge in [-0.15, -0.1) is 0 Å². The van der Waals surface area contributed by atoms with E-state index in [1.807, 2.05) is 0 Å². The molecule has 0 radical (unpaired) electrons. The molecule has 19 heavy (non-hydrogen) atoms. The van der Waals surface area contributed by atoms with E-state index in [0.29, 0.717) is 26.4 Å². The first-order valence-corrected chi connectivity index (χ1v) is 6.07. The molecule has 0 unspecified atom stereocenters. The maximum atomic E-state index is 9.37. The molecule has 0 fully saturated rings. The molecule has 0 atom stereocenters. The van der Waals surface area contributed by atoms with E-state index < -0.39 is 5.41 Å². The Labute approximate surface area is 114 Å². The van der Waals surface area contributed by atoms with E-state index in [1.54, 1.807) is 0 Å². The topological polar surface area (TPSA) is 77.4 Å². The first kappa shape index (κ1) is 17.9. The maximum Gasteiger partial charge on any atom is 0.111 e. The molecule has 2 N–H and O–H groups in total. The minimum absolute atomic E-state index is 0.183. The summed E-state index contributed by atoms with van der Waals surface area (Å²) in [5, 5.41) is 18.7. The third-order valence-electron chi connectivity index (χ3n) is 2.41. The summed E-state index contributed by atoms with van der Waals surface area (Å²) in [7, 11) is 0. The molecule has 0 aromatic heterocycles. The lowest BCUT2D eigenvalue weighted by molar-refractivity contribution is -0.0844. The Morgan fingerprint density at radius 3 is 1.53 bits per heavy atom. The van der Waals surface area contributed by atoms with Crippen LogP contribution in [0.5, 0.6) is 0 Å². The van der Waals surface area contributed by atoms with Gasteiger partial charge in [0.15, 0.2) is 0 Å². The van der Waals surface area contributed by atoms with Gasteiger partial charge in [-0.05, 0) is 0 Å². The minimum atomic E-state index is -0.817. The highest BCUT2D eigenvalue weighted by atomic mass is 16.5. The first-order chi connectivity index (χ1) is 9.24. The van der Waals surface area contributed by atoms with Gasteiger partial charge in [0.2, 0.25) is 0 Å². The highest BCUT2D eigenvalue weighted by molar-refractivity contribution is 4.77. The molecule has 0 saturated heterocycles. The van der Waals surface area contributed by atoms with Crippen LogP contribution in [0.1, 0.15) is 0 Å². The van der Waals surface area contributed by atoms with E-state index in [-0.39, 0.29) is 26.4 Å². The van der Waals surface area contributed by atoms with Crippen molar-refractivity contribution in [2.75, 3.05) is 52.9 Å². The van der Waals surface area contributed by atoms with Gasteiger partial charge in [0, 0.05) is 0 Å². The zero-order valence-corrected chi connectivity index (χ0v) is 11.3. The van der Waals surface area contributed by atoms with Crippen LogP contribution in [0.2, 0.25) is 0 Å². The van der Waals surface area contributed by atoms with Crippen LogP contribution < -0.4 is 0 Å². The third-order valence-corrected chi connectivity index (χ3v) is 2.41. The summed E-state index contributed by atoms with van der Waals surface area (Å²) in [6, 6.07) is 0. The molecule has 0 bridgehead atoms. The largest absolute Gasteiger partial charge is 0.499 e. The number of ether oxygens (including phenoxy) is 4. The molecule has 0 spiro atoms. The van der Waals surface area contributed by atoms with Gasteiger partial charge in [-0.1, -0.05) is 13.2 Å². The zero-order chi connectivity index (χ0) is 14.4. The lowest BCUT2D eigenvalue weighted by Gasteiger charge is -2.29. The van der Waals surface area contributed by atoms with Crippen molar-refractivity contribution in [1.29, 1.82) is 0 Å².